The van der Waals surface area contributed by atoms with Gasteiger partial charge in [0.25, 0.3) is 0 Å². The summed E-state index contributed by atoms with van der Waals surface area (Å²) in [6.07, 6.45) is 0. The zero-order valence-electron chi connectivity index (χ0n) is 10.2. The fraction of sp³-hybridized carbons (Fsp3) is 0. The van der Waals surface area contributed by atoms with Gasteiger partial charge in [-0.25, -0.2) is 13.8 Å². The van der Waals surface area contributed by atoms with E-state index in [0.717, 1.165) is 12.1 Å². The molecule has 2 N–H and O–H groups in total. The summed E-state index contributed by atoms with van der Waals surface area (Å²) in [5, 5.41) is 0.569. The maximum Gasteiger partial charge on any atom is 0.206 e. The molecule has 108 valence electrons. The van der Waals surface area contributed by atoms with Gasteiger partial charge in [0, 0.05) is 6.07 Å². The lowest BCUT2D eigenvalue weighted by molar-refractivity contribution is 0.589. The normalized spacial score (nSPS) is 11.3. The van der Waals surface area contributed by atoms with Gasteiger partial charge >= 0.3 is 0 Å². The second-order valence-corrected chi connectivity index (χ2v) is 5.95. The molecule has 0 aliphatic carbocycles. The van der Waals surface area contributed by atoms with Crippen LogP contribution >= 0.6 is 39.1 Å². The highest BCUT2D eigenvalue weighted by Crippen LogP contribution is 2.32. The zero-order chi connectivity index (χ0) is 15.3. The van der Waals surface area contributed by atoms with Crippen LogP contribution in [0.1, 0.15) is 0 Å². The molecule has 0 radical (unpaired) electrons. The minimum Gasteiger partial charge on any atom is -0.369 e. The monoisotopic (exact) mass is 391 g/mol. The summed E-state index contributed by atoms with van der Waals surface area (Å²) in [7, 11) is 0. The van der Waals surface area contributed by atoms with Crippen molar-refractivity contribution < 1.29 is 8.78 Å². The number of rotatable bonds is 1. The Hall–Kier alpha value is -1.37. The lowest BCUT2D eigenvalue weighted by Crippen LogP contribution is -2.04. The Morgan fingerprint density at radius 3 is 2.43 bits per heavy atom. The van der Waals surface area contributed by atoms with Gasteiger partial charge in [-0.15, -0.1) is 0 Å². The molecular formula is C13H6BrCl2F2N3. The van der Waals surface area contributed by atoms with Gasteiger partial charge in [0.15, 0.2) is 0 Å². The van der Waals surface area contributed by atoms with E-state index in [2.05, 4.69) is 20.9 Å². The van der Waals surface area contributed by atoms with Crippen LogP contribution in [0.15, 0.2) is 28.7 Å². The number of nitrogens with zero attached hydrogens (tertiary/aromatic N) is 2. The van der Waals surface area contributed by atoms with Crippen molar-refractivity contribution in [1.29, 1.82) is 0 Å². The predicted molar refractivity (Wildman–Crippen MR) is 83.1 cm³/mol. The van der Waals surface area contributed by atoms with E-state index in [9.17, 15) is 8.78 Å². The molecule has 0 aliphatic rings. The summed E-state index contributed by atoms with van der Waals surface area (Å²) in [5.74, 6) is -1.27. The lowest BCUT2D eigenvalue weighted by Gasteiger charge is -2.09. The van der Waals surface area contributed by atoms with Crippen LogP contribution in [-0.2, 0) is 0 Å². The molecule has 0 fully saturated rings. The molecule has 1 aromatic heterocycles. The lowest BCUT2D eigenvalue weighted by atomic mass is 10.2. The number of hydrogen-bond donors (Lipinski definition) is 1. The van der Waals surface area contributed by atoms with Gasteiger partial charge in [-0.05, 0) is 34.1 Å². The topological polar surface area (TPSA) is 43.8 Å². The first-order valence-corrected chi connectivity index (χ1v) is 7.21. The van der Waals surface area contributed by atoms with E-state index in [4.69, 9.17) is 28.9 Å². The van der Waals surface area contributed by atoms with Gasteiger partial charge in [-0.3, -0.25) is 4.57 Å². The Labute approximate surface area is 136 Å². The summed E-state index contributed by atoms with van der Waals surface area (Å²) < 4.78 is 29.1. The summed E-state index contributed by atoms with van der Waals surface area (Å²) in [6, 6.07) is 5.06. The van der Waals surface area contributed by atoms with E-state index in [1.807, 2.05) is 0 Å². The van der Waals surface area contributed by atoms with Crippen LogP contribution in [0, 0.1) is 11.6 Å². The van der Waals surface area contributed by atoms with E-state index in [0.29, 0.717) is 16.1 Å². The van der Waals surface area contributed by atoms with E-state index < -0.39 is 11.6 Å². The Balaban J connectivity index is 2.37. The summed E-state index contributed by atoms with van der Waals surface area (Å²) >= 11 is 14.8. The quantitative estimate of drug-likeness (QED) is 0.595. The maximum absolute atomic E-state index is 14.1. The van der Waals surface area contributed by atoms with Crippen LogP contribution in [0.2, 0.25) is 10.0 Å². The van der Waals surface area contributed by atoms with Crippen LogP contribution in [0.3, 0.4) is 0 Å². The second kappa shape index (κ2) is 5.12. The van der Waals surface area contributed by atoms with Gasteiger partial charge in [0.1, 0.15) is 11.6 Å². The number of fused-ring (bicyclic) bond motifs is 1. The van der Waals surface area contributed by atoms with Gasteiger partial charge < -0.3 is 5.73 Å². The first-order chi connectivity index (χ1) is 9.88. The van der Waals surface area contributed by atoms with Crippen LogP contribution in [0.4, 0.5) is 14.7 Å². The molecule has 0 atom stereocenters. The Kier molecular flexibility index (Phi) is 3.55. The van der Waals surface area contributed by atoms with Gasteiger partial charge in [0.2, 0.25) is 5.95 Å². The van der Waals surface area contributed by atoms with E-state index >= 15 is 0 Å². The van der Waals surface area contributed by atoms with Gasteiger partial charge in [0.05, 0.1) is 31.2 Å². The number of halogens is 5. The molecule has 3 nitrogen and oxygen atoms in total. The number of imidazole rings is 1. The Morgan fingerprint density at radius 1 is 1.05 bits per heavy atom. The average Bonchev–Trinajstić information content (AvgIpc) is 2.70. The van der Waals surface area contributed by atoms with Gasteiger partial charge in [-0.1, -0.05) is 23.2 Å². The van der Waals surface area contributed by atoms with Gasteiger partial charge in [-0.2, -0.15) is 0 Å². The number of hydrogen-bond acceptors (Lipinski definition) is 2. The molecule has 0 unspecified atom stereocenters. The highest BCUT2D eigenvalue weighted by Gasteiger charge is 2.17. The molecular weight excluding hydrogens is 387 g/mol. The fourth-order valence-electron chi connectivity index (χ4n) is 2.03. The molecule has 0 saturated heterocycles. The van der Waals surface area contributed by atoms with Crippen molar-refractivity contribution >= 4 is 56.1 Å². The molecule has 0 amide bonds. The van der Waals surface area contributed by atoms with Crippen molar-refractivity contribution in [2.24, 2.45) is 0 Å². The number of aromatic nitrogens is 2. The Bertz CT molecular complexity index is 880. The average molecular weight is 393 g/mol. The summed E-state index contributed by atoms with van der Waals surface area (Å²) in [4.78, 5) is 4.08. The highest BCUT2D eigenvalue weighted by molar-refractivity contribution is 9.10. The third-order valence-electron chi connectivity index (χ3n) is 2.95. The number of nitrogens with two attached hydrogens (primary N) is 1. The van der Waals surface area contributed by atoms with Crippen LogP contribution in [0.5, 0.6) is 0 Å². The molecule has 8 heteroatoms. The van der Waals surface area contributed by atoms with E-state index in [-0.39, 0.29) is 21.1 Å². The van der Waals surface area contributed by atoms with Crippen molar-refractivity contribution in [2.75, 3.05) is 5.73 Å². The third kappa shape index (κ3) is 2.37. The number of nitrogen functional groups attached to an aromatic ring is 1. The summed E-state index contributed by atoms with van der Waals surface area (Å²) in [6.45, 7) is 0. The van der Waals surface area contributed by atoms with Crippen LogP contribution < -0.4 is 5.73 Å². The minimum atomic E-state index is -0.652. The first-order valence-electron chi connectivity index (χ1n) is 5.66. The molecule has 3 rings (SSSR count). The standard InChI is InChI=1S/C13H6BrCl2F2N3/c14-5-1-9(18)11(4-8(5)17)21-12-3-7(16)6(15)2-10(12)20-13(21)19/h1-4H,(H2,19,20). The van der Waals surface area contributed by atoms with Crippen LogP contribution in [-0.4, -0.2) is 9.55 Å². The maximum atomic E-state index is 14.1. The first kappa shape index (κ1) is 14.6. The molecule has 1 heterocycles. The molecule has 0 bridgehead atoms. The van der Waals surface area contributed by atoms with Crippen LogP contribution in [0.25, 0.3) is 16.7 Å². The fourth-order valence-corrected chi connectivity index (χ4v) is 2.66. The van der Waals surface area contributed by atoms with Crippen molar-refractivity contribution in [3.8, 4) is 5.69 Å². The molecule has 3 aromatic rings. The van der Waals surface area contributed by atoms with Crippen molar-refractivity contribution in [3.63, 3.8) is 0 Å². The van der Waals surface area contributed by atoms with Crippen molar-refractivity contribution in [3.05, 3.63) is 50.4 Å². The number of benzene rings is 2. The summed E-state index contributed by atoms with van der Waals surface area (Å²) in [5.41, 5.74) is 6.61. The zero-order valence-corrected chi connectivity index (χ0v) is 13.3. The largest absolute Gasteiger partial charge is 0.369 e. The smallest absolute Gasteiger partial charge is 0.206 e. The SMILES string of the molecule is Nc1nc2cc(Cl)c(Cl)cc2n1-c1cc(F)c(Br)cc1F. The van der Waals surface area contributed by atoms with Crippen molar-refractivity contribution in [2.45, 2.75) is 0 Å². The highest BCUT2D eigenvalue weighted by atomic mass is 79.9. The Morgan fingerprint density at radius 2 is 1.71 bits per heavy atom. The molecule has 21 heavy (non-hydrogen) atoms. The van der Waals surface area contributed by atoms with E-state index in [1.165, 1.54) is 16.7 Å². The molecule has 0 spiro atoms. The molecule has 0 aliphatic heterocycles. The third-order valence-corrected chi connectivity index (χ3v) is 4.28. The molecule has 2 aromatic carbocycles. The van der Waals surface area contributed by atoms with E-state index in [1.54, 1.807) is 0 Å². The van der Waals surface area contributed by atoms with Crippen molar-refractivity contribution in [1.82, 2.24) is 9.55 Å². The predicted octanol–water partition coefficient (Wildman–Crippen LogP) is 4.96. The second-order valence-electron chi connectivity index (χ2n) is 4.28. The molecule has 0 saturated carbocycles. The number of anilines is 1. The minimum absolute atomic E-state index is 0.00366.